The van der Waals surface area contributed by atoms with E-state index in [1.807, 2.05) is 27.7 Å². The minimum atomic E-state index is -4.62. The van der Waals surface area contributed by atoms with Gasteiger partial charge in [-0.15, -0.1) is 0 Å². The van der Waals surface area contributed by atoms with Gasteiger partial charge in [-0.05, 0) is 40.5 Å². The molecule has 2 rings (SSSR count). The molecule has 8 heteroatoms. The van der Waals surface area contributed by atoms with E-state index in [-0.39, 0.29) is 24.2 Å². The predicted molar refractivity (Wildman–Crippen MR) is 75.1 cm³/mol. The van der Waals surface area contributed by atoms with Crippen LogP contribution in [0.4, 0.5) is 26.3 Å². The number of piperidine rings is 1. The molecule has 1 saturated carbocycles. The Balaban J connectivity index is 2.09. The lowest BCUT2D eigenvalue weighted by molar-refractivity contribution is -0.182. The number of hydrogen-bond acceptors (Lipinski definition) is 2. The second-order valence-corrected chi connectivity index (χ2v) is 8.09. The van der Waals surface area contributed by atoms with Crippen molar-refractivity contribution < 1.29 is 26.3 Å². The van der Waals surface area contributed by atoms with Gasteiger partial charge in [0, 0.05) is 29.6 Å². The molecule has 23 heavy (non-hydrogen) atoms. The molecule has 0 unspecified atom stereocenters. The number of alkyl halides is 6. The number of likely N-dealkylation sites (tertiary alicyclic amines) is 1. The van der Waals surface area contributed by atoms with E-state index in [0.29, 0.717) is 17.7 Å². The topological polar surface area (TPSA) is 6.48 Å². The Morgan fingerprint density at radius 3 is 1.78 bits per heavy atom. The van der Waals surface area contributed by atoms with Crippen molar-refractivity contribution in [1.82, 2.24) is 9.80 Å². The van der Waals surface area contributed by atoms with Crippen LogP contribution in [-0.2, 0) is 0 Å². The molecule has 1 saturated heterocycles. The summed E-state index contributed by atoms with van der Waals surface area (Å²) >= 11 is 0. The summed E-state index contributed by atoms with van der Waals surface area (Å²) in [5.41, 5.74) is -0.565. The molecule has 2 fully saturated rings. The maximum Gasteiger partial charge on any atom is 0.401 e. The highest BCUT2D eigenvalue weighted by Crippen LogP contribution is 2.61. The summed E-state index contributed by atoms with van der Waals surface area (Å²) in [6.45, 7) is 4.92. The van der Waals surface area contributed by atoms with Crippen LogP contribution in [-0.4, -0.2) is 59.4 Å². The maximum atomic E-state index is 12.6. The Morgan fingerprint density at radius 2 is 1.43 bits per heavy atom. The van der Waals surface area contributed by atoms with Crippen LogP contribution in [0.2, 0.25) is 0 Å². The molecular weight excluding hydrogens is 322 g/mol. The smallest absolute Gasteiger partial charge is 0.292 e. The molecule has 2 aliphatic rings. The van der Waals surface area contributed by atoms with Crippen LogP contribution in [0.15, 0.2) is 0 Å². The van der Waals surface area contributed by atoms with Crippen LogP contribution in [0.1, 0.15) is 40.5 Å². The summed E-state index contributed by atoms with van der Waals surface area (Å²) in [6.07, 6.45) is -7.91. The average molecular weight is 346 g/mol. The lowest BCUT2D eigenvalue weighted by atomic mass is 9.98. The fourth-order valence-corrected chi connectivity index (χ4v) is 4.42. The molecule has 0 amide bonds. The first kappa shape index (κ1) is 18.8. The lowest BCUT2D eigenvalue weighted by Gasteiger charge is -2.37. The fourth-order valence-electron chi connectivity index (χ4n) is 4.42. The zero-order valence-electron chi connectivity index (χ0n) is 13.9. The van der Waals surface area contributed by atoms with Crippen molar-refractivity contribution in [1.29, 1.82) is 0 Å². The van der Waals surface area contributed by atoms with Gasteiger partial charge in [0.1, 0.15) is 0 Å². The molecule has 1 aliphatic carbocycles. The molecule has 0 aromatic heterocycles. The van der Waals surface area contributed by atoms with Crippen LogP contribution in [0.5, 0.6) is 0 Å². The summed E-state index contributed by atoms with van der Waals surface area (Å²) < 4.78 is 75.7. The molecule has 3 atom stereocenters. The Bertz CT molecular complexity index is 423. The number of fused-ring (bicyclic) bond motifs is 1. The van der Waals surface area contributed by atoms with Crippen LogP contribution < -0.4 is 0 Å². The molecule has 0 spiro atoms. The third kappa shape index (κ3) is 4.53. The van der Waals surface area contributed by atoms with Gasteiger partial charge in [-0.1, -0.05) is 0 Å². The van der Waals surface area contributed by atoms with Crippen LogP contribution in [0.25, 0.3) is 0 Å². The highest BCUT2D eigenvalue weighted by molar-refractivity contribution is 5.19. The second kappa shape index (κ2) is 5.51. The Morgan fingerprint density at radius 1 is 0.957 bits per heavy atom. The average Bonchev–Trinajstić information content (AvgIpc) is 2.74. The minimum absolute atomic E-state index is 0.0847. The second-order valence-electron chi connectivity index (χ2n) is 8.09. The molecule has 0 aromatic rings. The van der Waals surface area contributed by atoms with Crippen molar-refractivity contribution in [2.75, 3.05) is 19.6 Å². The zero-order valence-corrected chi connectivity index (χ0v) is 13.9. The third-order valence-corrected chi connectivity index (χ3v) is 4.78. The van der Waals surface area contributed by atoms with E-state index in [9.17, 15) is 26.3 Å². The Labute approximate surface area is 132 Å². The van der Waals surface area contributed by atoms with Crippen molar-refractivity contribution in [2.24, 2.45) is 5.41 Å². The predicted octanol–water partition coefficient (Wildman–Crippen LogP) is 4.06. The SMILES string of the molecule is C[C@@H]1C[C@@]2(CN(CC(F)(F)F)CC(F)(F)F)C[C@H]2N1C(C)(C)C. The number of rotatable bonds is 4. The van der Waals surface area contributed by atoms with Crippen LogP contribution in [0.3, 0.4) is 0 Å². The summed E-state index contributed by atoms with van der Waals surface area (Å²) in [5, 5.41) is 0. The summed E-state index contributed by atoms with van der Waals surface area (Å²) in [5.74, 6) is 0. The van der Waals surface area contributed by atoms with Gasteiger partial charge in [-0.3, -0.25) is 9.80 Å². The Kier molecular flexibility index (Phi) is 4.51. The molecule has 1 aliphatic heterocycles. The third-order valence-electron chi connectivity index (χ3n) is 4.78. The van der Waals surface area contributed by atoms with Gasteiger partial charge < -0.3 is 0 Å². The molecule has 0 radical (unpaired) electrons. The van der Waals surface area contributed by atoms with Gasteiger partial charge in [0.25, 0.3) is 0 Å². The first-order chi connectivity index (χ1) is 10.1. The number of hydrogen-bond donors (Lipinski definition) is 0. The largest absolute Gasteiger partial charge is 0.401 e. The van der Waals surface area contributed by atoms with E-state index in [4.69, 9.17) is 0 Å². The van der Waals surface area contributed by atoms with E-state index >= 15 is 0 Å². The summed E-state index contributed by atoms with van der Waals surface area (Å²) in [6, 6.07) is 0.258. The number of nitrogens with zero attached hydrogens (tertiary/aromatic N) is 2. The van der Waals surface area contributed by atoms with Crippen LogP contribution >= 0.6 is 0 Å². The van der Waals surface area contributed by atoms with E-state index < -0.39 is 30.9 Å². The van der Waals surface area contributed by atoms with Gasteiger partial charge in [0.15, 0.2) is 0 Å². The standard InChI is InChI=1S/C15H24F6N2/c1-10-5-13(6-11(13)23(10)12(2,3)4)7-22(8-14(16,17)18)9-15(19,20)21/h10-11H,5-9H2,1-4H3/t10-,11-,13+/m1/s1. The van der Waals surface area contributed by atoms with Crippen molar-refractivity contribution in [3.8, 4) is 0 Å². The first-order valence-corrected chi connectivity index (χ1v) is 7.77. The quantitative estimate of drug-likeness (QED) is 0.708. The molecular formula is C15H24F6N2. The van der Waals surface area contributed by atoms with Gasteiger partial charge in [0.05, 0.1) is 13.1 Å². The van der Waals surface area contributed by atoms with E-state index in [2.05, 4.69) is 4.90 Å². The maximum absolute atomic E-state index is 12.6. The molecule has 0 aromatic carbocycles. The molecule has 2 nitrogen and oxygen atoms in total. The first-order valence-electron chi connectivity index (χ1n) is 7.77. The summed E-state index contributed by atoms with van der Waals surface area (Å²) in [4.78, 5) is 2.77. The minimum Gasteiger partial charge on any atom is -0.292 e. The normalized spacial score (nSPS) is 32.5. The van der Waals surface area contributed by atoms with Crippen molar-refractivity contribution in [3.63, 3.8) is 0 Å². The van der Waals surface area contributed by atoms with Gasteiger partial charge in [-0.2, -0.15) is 26.3 Å². The van der Waals surface area contributed by atoms with Gasteiger partial charge in [0.2, 0.25) is 0 Å². The van der Waals surface area contributed by atoms with Crippen LogP contribution in [0, 0.1) is 5.41 Å². The molecule has 136 valence electrons. The van der Waals surface area contributed by atoms with Gasteiger partial charge in [-0.25, -0.2) is 0 Å². The monoisotopic (exact) mass is 346 g/mol. The zero-order chi connectivity index (χ0) is 17.8. The lowest BCUT2D eigenvalue weighted by Crippen LogP contribution is -2.46. The highest BCUT2D eigenvalue weighted by Gasteiger charge is 2.65. The van der Waals surface area contributed by atoms with E-state index in [0.717, 1.165) is 0 Å². The fraction of sp³-hybridized carbons (Fsp3) is 1.00. The molecule has 0 N–H and O–H groups in total. The van der Waals surface area contributed by atoms with Crippen molar-refractivity contribution >= 4 is 0 Å². The van der Waals surface area contributed by atoms with Gasteiger partial charge >= 0.3 is 12.4 Å². The van der Waals surface area contributed by atoms with Crippen molar-refractivity contribution in [2.45, 2.75) is 70.5 Å². The molecule has 1 heterocycles. The molecule has 0 bridgehead atoms. The summed E-state index contributed by atoms with van der Waals surface area (Å²) in [7, 11) is 0. The van der Waals surface area contributed by atoms with E-state index in [1.54, 1.807) is 0 Å². The van der Waals surface area contributed by atoms with E-state index in [1.165, 1.54) is 0 Å². The van der Waals surface area contributed by atoms with Crippen molar-refractivity contribution in [3.05, 3.63) is 0 Å². The Hall–Kier alpha value is -0.500. The highest BCUT2D eigenvalue weighted by atomic mass is 19.4. The number of halogens is 6.